The Bertz CT molecular complexity index is 429. The van der Waals surface area contributed by atoms with Crippen molar-refractivity contribution in [1.82, 2.24) is 0 Å². The Morgan fingerprint density at radius 1 is 1.40 bits per heavy atom. The second kappa shape index (κ2) is 7.65. The Morgan fingerprint density at radius 3 is 2.50 bits per heavy atom. The van der Waals surface area contributed by atoms with Gasteiger partial charge in [-0.05, 0) is 49.8 Å². The summed E-state index contributed by atoms with van der Waals surface area (Å²) < 4.78 is 0. The van der Waals surface area contributed by atoms with E-state index in [1.165, 1.54) is 5.56 Å². The molecule has 1 aromatic rings. The topological polar surface area (TPSA) is 63.3 Å². The van der Waals surface area contributed by atoms with Crippen molar-refractivity contribution in [3.05, 3.63) is 34.9 Å². The summed E-state index contributed by atoms with van der Waals surface area (Å²) >= 11 is 5.85. The van der Waals surface area contributed by atoms with Crippen LogP contribution in [-0.2, 0) is 11.2 Å². The van der Waals surface area contributed by atoms with Crippen molar-refractivity contribution in [3.8, 4) is 0 Å². The van der Waals surface area contributed by atoms with Gasteiger partial charge in [-0.25, -0.2) is 0 Å². The minimum atomic E-state index is -1.12. The summed E-state index contributed by atoms with van der Waals surface area (Å²) in [4.78, 5) is 11.1. The number of carboxylic acids is 1. The van der Waals surface area contributed by atoms with Gasteiger partial charge in [0.2, 0.25) is 0 Å². The van der Waals surface area contributed by atoms with Crippen molar-refractivity contribution < 1.29 is 9.90 Å². The lowest BCUT2D eigenvalue weighted by Gasteiger charge is -2.25. The molecule has 3 N–H and O–H groups in total. The van der Waals surface area contributed by atoms with Gasteiger partial charge >= 0.3 is 5.97 Å². The Morgan fingerprint density at radius 2 is 2.00 bits per heavy atom. The van der Waals surface area contributed by atoms with Crippen LogP contribution in [0.4, 0.5) is 0 Å². The fourth-order valence-corrected chi connectivity index (χ4v) is 2.51. The summed E-state index contributed by atoms with van der Waals surface area (Å²) in [5, 5.41) is 9.83. The predicted octanol–water partition coefficient (Wildman–Crippen LogP) is 3.88. The van der Waals surface area contributed by atoms with Crippen LogP contribution in [0.25, 0.3) is 0 Å². The highest BCUT2D eigenvalue weighted by Gasteiger charge is 2.30. The van der Waals surface area contributed by atoms with Crippen molar-refractivity contribution in [2.24, 2.45) is 11.7 Å². The van der Waals surface area contributed by atoms with Gasteiger partial charge < -0.3 is 10.8 Å². The van der Waals surface area contributed by atoms with Gasteiger partial charge in [0, 0.05) is 5.02 Å². The first-order chi connectivity index (χ1) is 9.35. The molecule has 2 atom stereocenters. The van der Waals surface area contributed by atoms with Gasteiger partial charge in [0.1, 0.15) is 5.54 Å². The molecule has 112 valence electrons. The van der Waals surface area contributed by atoms with Crippen molar-refractivity contribution >= 4 is 17.6 Å². The first kappa shape index (κ1) is 17.0. The van der Waals surface area contributed by atoms with E-state index in [2.05, 4.69) is 6.92 Å². The normalized spacial score (nSPS) is 15.6. The monoisotopic (exact) mass is 297 g/mol. The van der Waals surface area contributed by atoms with E-state index in [4.69, 9.17) is 22.4 Å². The maximum Gasteiger partial charge on any atom is 0.323 e. The van der Waals surface area contributed by atoms with E-state index in [0.717, 1.165) is 30.7 Å². The summed E-state index contributed by atoms with van der Waals surface area (Å²) in [7, 11) is 0. The summed E-state index contributed by atoms with van der Waals surface area (Å²) in [6.07, 6.45) is 4.51. The molecule has 0 aliphatic heterocycles. The largest absolute Gasteiger partial charge is 0.480 e. The van der Waals surface area contributed by atoms with Gasteiger partial charge in [-0.15, -0.1) is 0 Å². The smallest absolute Gasteiger partial charge is 0.323 e. The fraction of sp³-hybridized carbons (Fsp3) is 0.562. The summed E-state index contributed by atoms with van der Waals surface area (Å²) in [6, 6.07) is 7.87. The van der Waals surface area contributed by atoms with Crippen molar-refractivity contribution in [1.29, 1.82) is 0 Å². The highest BCUT2D eigenvalue weighted by molar-refractivity contribution is 6.30. The molecule has 0 saturated heterocycles. The van der Waals surface area contributed by atoms with Crippen molar-refractivity contribution in [2.45, 2.75) is 51.5 Å². The number of rotatable bonds is 8. The predicted molar refractivity (Wildman–Crippen MR) is 83.0 cm³/mol. The van der Waals surface area contributed by atoms with Crippen LogP contribution < -0.4 is 5.73 Å². The fourth-order valence-electron chi connectivity index (χ4n) is 2.38. The Kier molecular flexibility index (Phi) is 6.50. The van der Waals surface area contributed by atoms with E-state index in [1.807, 2.05) is 24.3 Å². The third-order valence-electron chi connectivity index (χ3n) is 3.77. The number of aryl methyl sites for hydroxylation is 1. The minimum absolute atomic E-state index is 0.355. The van der Waals surface area contributed by atoms with Crippen LogP contribution in [0.2, 0.25) is 5.02 Å². The van der Waals surface area contributed by atoms with Crippen LogP contribution in [0, 0.1) is 5.92 Å². The molecule has 0 amide bonds. The lowest BCUT2D eigenvalue weighted by Crippen LogP contribution is -2.46. The molecule has 1 aromatic carbocycles. The van der Waals surface area contributed by atoms with E-state index >= 15 is 0 Å². The number of hydrogen-bond acceptors (Lipinski definition) is 2. The molecule has 0 aromatic heterocycles. The number of carboxylic acid groups (broad SMARTS) is 1. The second-order valence-electron chi connectivity index (χ2n) is 5.72. The molecule has 0 fully saturated rings. The zero-order valence-corrected chi connectivity index (χ0v) is 13.0. The first-order valence-electron chi connectivity index (χ1n) is 7.12. The van der Waals surface area contributed by atoms with Crippen LogP contribution >= 0.6 is 11.6 Å². The van der Waals surface area contributed by atoms with E-state index in [9.17, 15) is 4.79 Å². The summed E-state index contributed by atoms with van der Waals surface area (Å²) in [5.41, 5.74) is 5.96. The van der Waals surface area contributed by atoms with Gasteiger partial charge in [-0.2, -0.15) is 0 Å². The molecule has 0 aliphatic carbocycles. The average molecular weight is 298 g/mol. The van der Waals surface area contributed by atoms with Crippen LogP contribution in [0.3, 0.4) is 0 Å². The molecule has 0 spiro atoms. The van der Waals surface area contributed by atoms with Crippen molar-refractivity contribution in [3.63, 3.8) is 0 Å². The second-order valence-corrected chi connectivity index (χ2v) is 6.16. The van der Waals surface area contributed by atoms with Gasteiger partial charge in [0.25, 0.3) is 0 Å². The lowest BCUT2D eigenvalue weighted by atomic mass is 9.85. The quantitative estimate of drug-likeness (QED) is 0.765. The molecule has 0 saturated carbocycles. The average Bonchev–Trinajstić information content (AvgIpc) is 2.39. The highest BCUT2D eigenvalue weighted by atomic mass is 35.5. The van der Waals surface area contributed by atoms with Gasteiger partial charge in [0.15, 0.2) is 0 Å². The zero-order valence-electron chi connectivity index (χ0n) is 12.2. The van der Waals surface area contributed by atoms with Crippen LogP contribution in [0.5, 0.6) is 0 Å². The molecule has 0 bridgehead atoms. The number of aliphatic carboxylic acids is 1. The highest BCUT2D eigenvalue weighted by Crippen LogP contribution is 2.23. The van der Waals surface area contributed by atoms with E-state index in [1.54, 1.807) is 6.92 Å². The van der Waals surface area contributed by atoms with E-state index in [-0.39, 0.29) is 0 Å². The molecule has 20 heavy (non-hydrogen) atoms. The van der Waals surface area contributed by atoms with Crippen LogP contribution in [-0.4, -0.2) is 16.6 Å². The molecular formula is C16H24ClNO2. The standard InChI is InChI=1S/C16H24ClNO2/c1-3-12(11-16(2,18)15(19)20)5-4-6-13-7-9-14(17)10-8-13/h7-10,12H,3-6,11,18H2,1-2H3,(H,19,20). The number of nitrogens with two attached hydrogens (primary N) is 1. The molecular weight excluding hydrogens is 274 g/mol. The first-order valence-corrected chi connectivity index (χ1v) is 7.49. The third-order valence-corrected chi connectivity index (χ3v) is 4.02. The molecule has 3 nitrogen and oxygen atoms in total. The Hall–Kier alpha value is -1.06. The molecule has 0 radical (unpaired) electrons. The minimum Gasteiger partial charge on any atom is -0.480 e. The lowest BCUT2D eigenvalue weighted by molar-refractivity contribution is -0.143. The maximum atomic E-state index is 11.1. The van der Waals surface area contributed by atoms with Gasteiger partial charge in [-0.1, -0.05) is 43.5 Å². The molecule has 0 heterocycles. The number of hydrogen-bond donors (Lipinski definition) is 2. The number of carbonyl (C=O) groups is 1. The summed E-state index contributed by atoms with van der Waals surface area (Å²) in [5.74, 6) is -0.568. The number of halogens is 1. The SMILES string of the molecule is CCC(CCCc1ccc(Cl)cc1)CC(C)(N)C(=O)O. The van der Waals surface area contributed by atoms with Gasteiger partial charge in [-0.3, -0.25) is 4.79 Å². The molecule has 2 unspecified atom stereocenters. The van der Waals surface area contributed by atoms with Crippen LogP contribution in [0.1, 0.15) is 45.1 Å². The van der Waals surface area contributed by atoms with Gasteiger partial charge in [0.05, 0.1) is 0 Å². The summed E-state index contributed by atoms with van der Waals surface area (Å²) in [6.45, 7) is 3.68. The van der Waals surface area contributed by atoms with E-state index < -0.39 is 11.5 Å². The molecule has 0 aliphatic rings. The number of benzene rings is 1. The van der Waals surface area contributed by atoms with Crippen LogP contribution in [0.15, 0.2) is 24.3 Å². The van der Waals surface area contributed by atoms with Crippen molar-refractivity contribution in [2.75, 3.05) is 0 Å². The maximum absolute atomic E-state index is 11.1. The third kappa shape index (κ3) is 5.51. The Labute approximate surface area is 126 Å². The van der Waals surface area contributed by atoms with E-state index in [0.29, 0.717) is 12.3 Å². The zero-order chi connectivity index (χ0) is 15.2. The molecule has 4 heteroatoms. The Balaban J connectivity index is 2.42. The molecule has 1 rings (SSSR count).